The van der Waals surface area contributed by atoms with Gasteiger partial charge in [0.15, 0.2) is 42.7 Å². The highest BCUT2D eigenvalue weighted by molar-refractivity contribution is 5.76. The van der Waals surface area contributed by atoms with Crippen LogP contribution in [0.5, 0.6) is 0 Å². The fourth-order valence-electron chi connectivity index (χ4n) is 8.36. The summed E-state index contributed by atoms with van der Waals surface area (Å²) in [6, 6.07) is 49.3. The number of hydrogen-bond donors (Lipinski definition) is 13. The van der Waals surface area contributed by atoms with Gasteiger partial charge in [-0.25, -0.2) is 33.6 Å². The molecule has 7 atom stereocenters. The van der Waals surface area contributed by atoms with Crippen molar-refractivity contribution in [2.24, 2.45) is 0 Å². The number of nitrogen functional groups attached to an aromatic ring is 5. The molecule has 0 heterocycles. The van der Waals surface area contributed by atoms with E-state index < -0.39 is 84.5 Å². The Hall–Kier alpha value is -10.5. The summed E-state index contributed by atoms with van der Waals surface area (Å²) in [7, 11) is 4.12. The summed E-state index contributed by atoms with van der Waals surface area (Å²) in [6.45, 7) is 10.3. The maximum Gasteiger partial charge on any atom is 0.337 e. The van der Waals surface area contributed by atoms with Crippen LogP contribution in [0.25, 0.3) is 0 Å². The lowest BCUT2D eigenvalue weighted by Crippen LogP contribution is -2.26. The largest absolute Gasteiger partial charge is 0.479 e. The Balaban J connectivity index is -0.00000109. The van der Waals surface area contributed by atoms with Crippen molar-refractivity contribution in [3.8, 4) is 0 Å². The zero-order chi connectivity index (χ0) is 73.2. The quantitative estimate of drug-likeness (QED) is 0.0213. The van der Waals surface area contributed by atoms with Gasteiger partial charge < -0.3 is 97.9 Å². The monoisotopic (exact) mass is 1400 g/mol. The van der Waals surface area contributed by atoms with Crippen molar-refractivity contribution in [3.05, 3.63) is 220 Å². The van der Waals surface area contributed by atoms with Crippen LogP contribution in [-0.4, -0.2) is 148 Å². The molecule has 0 spiro atoms. The molecule has 0 saturated heterocycles. The first kappa shape index (κ1) is 93.7. The molecule has 550 valence electrons. The average Bonchev–Trinajstić information content (AvgIpc) is 0.896. The number of methoxy groups -OCH3 is 3. The van der Waals surface area contributed by atoms with Gasteiger partial charge in [-0.15, -0.1) is 0 Å². The van der Waals surface area contributed by atoms with Gasteiger partial charge in [0, 0.05) is 95.3 Å². The summed E-state index contributed by atoms with van der Waals surface area (Å²) >= 11 is 0. The second-order valence-corrected chi connectivity index (χ2v) is 20.8. The lowest BCUT2D eigenvalue weighted by Gasteiger charge is -2.12. The summed E-state index contributed by atoms with van der Waals surface area (Å²) in [5.74, 6) is -6.98. The smallest absolute Gasteiger partial charge is 0.337 e. The van der Waals surface area contributed by atoms with Gasteiger partial charge in [-0.3, -0.25) is 0 Å². The first-order valence-electron chi connectivity index (χ1n) is 30.0. The maximum atomic E-state index is 10.9. The van der Waals surface area contributed by atoms with Crippen LogP contribution < -0.4 is 28.7 Å². The first-order valence-corrected chi connectivity index (χ1v) is 30.0. The van der Waals surface area contributed by atoms with Gasteiger partial charge in [0.1, 0.15) is 0 Å². The fourth-order valence-corrected chi connectivity index (χ4v) is 8.36. The van der Waals surface area contributed by atoms with Crippen molar-refractivity contribution < 1.29 is 103 Å². The van der Waals surface area contributed by atoms with Crippen molar-refractivity contribution in [2.45, 2.75) is 125 Å². The molecule has 0 aliphatic heterocycles. The van der Waals surface area contributed by atoms with Crippen LogP contribution in [0.2, 0.25) is 0 Å². The normalized spacial score (nSPS) is 12.0. The average molecular weight is 1400 g/mol. The number of carboxylic acids is 7. The third-order valence-corrected chi connectivity index (χ3v) is 13.1. The highest BCUT2D eigenvalue weighted by Crippen LogP contribution is 2.22. The molecular weight excluding hydrogens is 1290 g/mol. The fraction of sp³-hybridized carbons (Fsp3) is 0.338. The number of rotatable bonds is 27. The molecule has 7 aromatic carbocycles. The summed E-state index contributed by atoms with van der Waals surface area (Å²) in [5, 5.41) is 70.4. The van der Waals surface area contributed by atoms with Gasteiger partial charge in [-0.1, -0.05) is 143 Å². The van der Waals surface area contributed by atoms with E-state index in [1.54, 1.807) is 142 Å². The van der Waals surface area contributed by atoms with E-state index >= 15 is 0 Å². The number of aryl methyl sites for hydroxylation is 2. The molecule has 18 N–H and O–H groups in total. The highest BCUT2D eigenvalue weighted by Gasteiger charge is 2.23. The molecule has 7 aromatic rings. The van der Waals surface area contributed by atoms with Gasteiger partial charge in [0.05, 0.1) is 0 Å². The lowest BCUT2D eigenvalue weighted by molar-refractivity contribution is -0.151. The van der Waals surface area contributed by atoms with E-state index in [9.17, 15) is 33.6 Å². The van der Waals surface area contributed by atoms with E-state index in [1.165, 1.54) is 21.3 Å². The molecule has 0 fully saturated rings. The van der Waals surface area contributed by atoms with Crippen molar-refractivity contribution >= 4 is 70.2 Å². The molecule has 26 nitrogen and oxygen atoms in total. The number of nitrogens with two attached hydrogens (primary N) is 5. The number of aliphatic hydroxyl groups is 1. The van der Waals surface area contributed by atoms with E-state index in [2.05, 4.69) is 0 Å². The third-order valence-electron chi connectivity index (χ3n) is 13.1. The second kappa shape index (κ2) is 51.7. The van der Waals surface area contributed by atoms with Crippen molar-refractivity contribution in [3.63, 3.8) is 0 Å². The molecule has 0 radical (unpaired) electrons. The van der Waals surface area contributed by atoms with E-state index in [-0.39, 0.29) is 28.7 Å². The summed E-state index contributed by atoms with van der Waals surface area (Å²) in [6.07, 6.45) is -5.18. The van der Waals surface area contributed by atoms with Gasteiger partial charge >= 0.3 is 41.8 Å². The van der Waals surface area contributed by atoms with E-state index in [4.69, 9.17) is 97.9 Å². The molecule has 26 heteroatoms. The molecule has 0 amide bonds. The molecule has 100 heavy (non-hydrogen) atoms. The Labute approximate surface area is 585 Å². The second-order valence-electron chi connectivity index (χ2n) is 20.8. The van der Waals surface area contributed by atoms with Crippen molar-refractivity contribution in [2.75, 3.05) is 69.8 Å². The van der Waals surface area contributed by atoms with Gasteiger partial charge in [0.2, 0.25) is 0 Å². The molecule has 0 bridgehead atoms. The molecule has 7 unspecified atom stereocenters. The minimum absolute atomic E-state index is 0. The molecule has 0 aliphatic rings. The van der Waals surface area contributed by atoms with Crippen LogP contribution in [0.1, 0.15) is 111 Å². The highest BCUT2D eigenvalue weighted by atomic mass is 16.5. The Morgan fingerprint density at radius 3 is 0.990 bits per heavy atom. The minimum atomic E-state index is -1.30. The standard InChI is InChI=1S/C11H15NO3.C11H14O3.3C10H13NO3.C10H12O3.C9H11NO3.3CH4/c1-2-15-10(11(13)14)7-8-4-3-5-9(12)6-8;1-3-14-10(11(12)13)9-6-4-5-8(2)7-9;1-14-9(10(12)13)6-7-2-4-8(11)5-3-7;1-14-9(10(12)13)6-7-3-2-4-8(11)5-7;1-2-14-9(10(12)13)7-3-5-8(11)6-4-7;1-7-3-2-4-8(5-7)6-9(11)10(12)13;1-13-8(9(11)12)6-2-4-7(10)5-3-6;;;/h3-6,10H,2,7,12H2,1H3,(H,13,14);4-7,10H,3H2,1-2H3,(H,12,13);2*2-5,9H,6,11H2,1H3,(H,12,13);3-6,9H,2,11H2,1H3,(H,12,13);2-5,9,11H,6H2,1H3,(H,12,13);2-5,8H,10H2,1H3,(H,11,12);3*1H4. The minimum Gasteiger partial charge on any atom is -0.479 e. The van der Waals surface area contributed by atoms with E-state index in [0.717, 1.165) is 33.4 Å². The first-order chi connectivity index (χ1) is 45.9. The number of hydrogen-bond acceptors (Lipinski definition) is 19. The Morgan fingerprint density at radius 1 is 0.330 bits per heavy atom. The lowest BCUT2D eigenvalue weighted by atomic mass is 10.1. The van der Waals surface area contributed by atoms with Crippen molar-refractivity contribution in [1.82, 2.24) is 0 Å². The maximum absolute atomic E-state index is 10.9. The molecule has 0 aromatic heterocycles. The Kier molecular flexibility index (Phi) is 48.5. The summed E-state index contributed by atoms with van der Waals surface area (Å²) in [5.41, 5.74) is 38.2. The third kappa shape index (κ3) is 38.5. The molecule has 0 aliphatic carbocycles. The number of benzene rings is 7. The van der Waals surface area contributed by atoms with Crippen LogP contribution in [0.4, 0.5) is 28.4 Å². The number of anilines is 5. The number of ether oxygens (including phenoxy) is 6. The predicted octanol–water partition coefficient (Wildman–Crippen LogP) is 10.6. The van der Waals surface area contributed by atoms with Crippen molar-refractivity contribution in [1.29, 1.82) is 0 Å². The topological polar surface area (TPSA) is 467 Å². The zero-order valence-corrected chi connectivity index (χ0v) is 55.4. The van der Waals surface area contributed by atoms with Gasteiger partial charge in [-0.2, -0.15) is 0 Å². The van der Waals surface area contributed by atoms with Crippen LogP contribution >= 0.6 is 0 Å². The van der Waals surface area contributed by atoms with E-state index in [0.29, 0.717) is 84.2 Å². The number of carbonyl (C=O) groups is 7. The summed E-state index contributed by atoms with van der Waals surface area (Å²) in [4.78, 5) is 74.8. The summed E-state index contributed by atoms with van der Waals surface area (Å²) < 4.78 is 29.8. The molecule has 0 saturated carbocycles. The van der Waals surface area contributed by atoms with Gasteiger partial charge in [-0.05, 0) is 134 Å². The van der Waals surface area contributed by atoms with Gasteiger partial charge in [0.25, 0.3) is 0 Å². The van der Waals surface area contributed by atoms with E-state index in [1.807, 2.05) is 62.4 Å². The molecule has 7 rings (SSSR count). The SMILES string of the molecule is C.C.C.CCOC(C(=O)O)c1ccc(N)cc1.CCOC(C(=O)O)c1cccc(C)c1.CCOC(Cc1cccc(N)c1)C(=O)O.COC(C(=O)O)c1ccc(N)cc1.COC(Cc1ccc(N)cc1)C(=O)O.COC(Cc1cccc(N)c1)C(=O)O.Cc1cccc(CC(O)C(=O)O)c1. The number of aliphatic hydroxyl groups excluding tert-OH is 1. The molecular formula is C74H103N5O21. The predicted molar refractivity (Wildman–Crippen MR) is 387 cm³/mol. The number of carboxylic acid groups (broad SMARTS) is 7. The van der Waals surface area contributed by atoms with Crippen LogP contribution in [0.3, 0.4) is 0 Å². The Morgan fingerprint density at radius 2 is 0.660 bits per heavy atom. The number of aliphatic carboxylic acids is 7. The van der Waals surface area contributed by atoms with Crippen LogP contribution in [0, 0.1) is 13.8 Å². The zero-order valence-electron chi connectivity index (χ0n) is 55.4. The van der Waals surface area contributed by atoms with Crippen LogP contribution in [-0.2, 0) is 87.7 Å². The van der Waals surface area contributed by atoms with Crippen LogP contribution in [0.15, 0.2) is 170 Å². The Bertz CT molecular complexity index is 3480.